The number of aryl methyl sites for hydroxylation is 1. The maximum atomic E-state index is 12.2. The van der Waals surface area contributed by atoms with Gasteiger partial charge in [0.1, 0.15) is 5.75 Å². The largest absolute Gasteiger partial charge is 0.538 e. The molecule has 0 saturated carbocycles. The van der Waals surface area contributed by atoms with Gasteiger partial charge < -0.3 is 19.7 Å². The van der Waals surface area contributed by atoms with Crippen molar-refractivity contribution in [1.29, 1.82) is 0 Å². The zero-order valence-electron chi connectivity index (χ0n) is 14.6. The van der Waals surface area contributed by atoms with E-state index in [-0.39, 0.29) is 16.7 Å². The molecule has 0 spiro atoms. The topological polar surface area (TPSA) is 91.3 Å². The van der Waals surface area contributed by atoms with E-state index in [0.717, 1.165) is 17.3 Å². The van der Waals surface area contributed by atoms with Crippen molar-refractivity contribution in [2.24, 2.45) is 0 Å². The third-order valence-electron chi connectivity index (χ3n) is 3.63. The quantitative estimate of drug-likeness (QED) is 0.501. The van der Waals surface area contributed by atoms with Crippen LogP contribution in [0.4, 0.5) is 5.69 Å². The fourth-order valence-electron chi connectivity index (χ4n) is 2.29. The van der Waals surface area contributed by atoms with Gasteiger partial charge >= 0.3 is 0 Å². The summed E-state index contributed by atoms with van der Waals surface area (Å²) in [6.07, 6.45) is 0. The number of ether oxygens (including phenoxy) is 1. The highest BCUT2D eigenvalue weighted by molar-refractivity contribution is 7.99. The molecule has 7 nitrogen and oxygen atoms in total. The first kappa shape index (κ1) is 19.1. The maximum absolute atomic E-state index is 12.2. The number of anilines is 1. The van der Waals surface area contributed by atoms with Crippen molar-refractivity contribution in [2.45, 2.75) is 11.9 Å². The van der Waals surface area contributed by atoms with Crippen LogP contribution in [-0.2, 0) is 4.79 Å². The van der Waals surface area contributed by atoms with Crippen LogP contribution in [0.2, 0.25) is 5.02 Å². The summed E-state index contributed by atoms with van der Waals surface area (Å²) >= 11 is 7.09. The molecule has 3 aromatic rings. The molecule has 1 heterocycles. The van der Waals surface area contributed by atoms with E-state index in [4.69, 9.17) is 20.9 Å². The van der Waals surface area contributed by atoms with Gasteiger partial charge in [-0.05, 0) is 41.6 Å². The van der Waals surface area contributed by atoms with Crippen LogP contribution in [0.3, 0.4) is 0 Å². The van der Waals surface area contributed by atoms with Gasteiger partial charge in [-0.25, -0.2) is 0 Å². The molecule has 0 aliphatic rings. The second-order valence-corrected chi connectivity index (χ2v) is 6.97. The van der Waals surface area contributed by atoms with Crippen molar-refractivity contribution in [3.63, 3.8) is 0 Å². The summed E-state index contributed by atoms with van der Waals surface area (Å²) in [5, 5.41) is 19.0. The Bertz CT molecular complexity index is 960. The molecule has 0 unspecified atom stereocenters. The highest BCUT2D eigenvalue weighted by Gasteiger charge is 2.22. The Morgan fingerprint density at radius 3 is 2.74 bits per heavy atom. The molecule has 0 radical (unpaired) electrons. The predicted octanol–water partition coefficient (Wildman–Crippen LogP) is 2.73. The minimum Gasteiger partial charge on any atom is -0.538 e. The van der Waals surface area contributed by atoms with Gasteiger partial charge in [-0.15, -0.1) is 0 Å². The van der Waals surface area contributed by atoms with Crippen LogP contribution in [0.25, 0.3) is 5.69 Å². The number of nitrogens with zero attached hydrogens (tertiary/aromatic N) is 2. The Hall–Kier alpha value is -2.71. The fraction of sp³-hybridized carbons (Fsp3) is 0.167. The summed E-state index contributed by atoms with van der Waals surface area (Å²) in [6.45, 7) is 1.96. The van der Waals surface area contributed by atoms with Gasteiger partial charge in [0.05, 0.1) is 23.2 Å². The number of carbonyl (C=O) groups is 1. The zero-order chi connectivity index (χ0) is 19.4. The molecule has 1 N–H and O–H groups in total. The lowest BCUT2D eigenvalue weighted by atomic mass is 10.2. The molecule has 3 rings (SSSR count). The van der Waals surface area contributed by atoms with Crippen LogP contribution in [0.15, 0.2) is 52.0 Å². The molecular weight excluding hydrogens is 390 g/mol. The van der Waals surface area contributed by atoms with Gasteiger partial charge in [0.15, 0.2) is 5.95 Å². The summed E-state index contributed by atoms with van der Waals surface area (Å²) in [6, 6.07) is 12.4. The van der Waals surface area contributed by atoms with E-state index in [2.05, 4.69) is 10.6 Å². The van der Waals surface area contributed by atoms with Crippen LogP contribution in [-0.4, -0.2) is 24.0 Å². The molecule has 0 aliphatic carbocycles. The van der Waals surface area contributed by atoms with Gasteiger partial charge in [0.25, 0.3) is 5.03 Å². The number of halogens is 1. The molecule has 9 heteroatoms. The molecule has 0 aliphatic heterocycles. The van der Waals surface area contributed by atoms with Gasteiger partial charge in [0.2, 0.25) is 11.6 Å². The Morgan fingerprint density at radius 1 is 1.33 bits per heavy atom. The zero-order valence-corrected chi connectivity index (χ0v) is 16.1. The van der Waals surface area contributed by atoms with E-state index in [1.165, 1.54) is 11.8 Å². The van der Waals surface area contributed by atoms with Crippen molar-refractivity contribution in [3.8, 4) is 17.4 Å². The van der Waals surface area contributed by atoms with Crippen molar-refractivity contribution in [1.82, 2.24) is 5.27 Å². The van der Waals surface area contributed by atoms with E-state index in [0.29, 0.717) is 22.1 Å². The number of hydrogen-bond acceptors (Lipinski definition) is 6. The maximum Gasteiger partial charge on any atom is 0.298 e. The first-order chi connectivity index (χ1) is 13.0. The van der Waals surface area contributed by atoms with Gasteiger partial charge in [-0.3, -0.25) is 4.79 Å². The average Bonchev–Trinajstić information content (AvgIpc) is 3.01. The first-order valence-corrected chi connectivity index (χ1v) is 9.26. The number of nitrogens with one attached hydrogen (secondary N) is 1. The molecule has 1 amide bonds. The first-order valence-electron chi connectivity index (χ1n) is 7.90. The summed E-state index contributed by atoms with van der Waals surface area (Å²) in [5.41, 5.74) is 2.29. The molecule has 0 atom stereocenters. The Morgan fingerprint density at radius 2 is 2.07 bits per heavy atom. The SMILES string of the molecule is COc1ccc(NC(=O)CSc2c([O-])on[n+]2-c2ccc(C)cc2)cc1Cl. The highest BCUT2D eigenvalue weighted by Crippen LogP contribution is 2.28. The van der Waals surface area contributed by atoms with E-state index in [1.54, 1.807) is 18.2 Å². The smallest absolute Gasteiger partial charge is 0.298 e. The van der Waals surface area contributed by atoms with Crippen molar-refractivity contribution in [2.75, 3.05) is 18.2 Å². The summed E-state index contributed by atoms with van der Waals surface area (Å²) in [4.78, 5) is 12.2. The van der Waals surface area contributed by atoms with E-state index < -0.39 is 5.95 Å². The molecule has 0 bridgehead atoms. The number of rotatable bonds is 6. The minimum atomic E-state index is -0.596. The van der Waals surface area contributed by atoms with Gasteiger partial charge in [-0.1, -0.05) is 29.3 Å². The number of thioether (sulfide) groups is 1. The third-order valence-corrected chi connectivity index (χ3v) is 4.94. The monoisotopic (exact) mass is 405 g/mol. The second kappa shape index (κ2) is 8.32. The molecular formula is C18H16ClN3O4S. The molecule has 27 heavy (non-hydrogen) atoms. The lowest BCUT2D eigenvalue weighted by Crippen LogP contribution is -2.35. The van der Waals surface area contributed by atoms with E-state index in [9.17, 15) is 9.90 Å². The number of hydrogen-bond donors (Lipinski definition) is 1. The van der Waals surface area contributed by atoms with Crippen LogP contribution < -0.4 is 19.8 Å². The lowest BCUT2D eigenvalue weighted by Gasteiger charge is -2.07. The standard InChI is InChI=1S/C18H16ClN3O4S/c1-11-3-6-13(7-4-11)22-17(18(24)26-21-22)27-10-16(23)20-12-5-8-15(25-2)14(19)9-12/h3-9H,10H2,1-2H3,(H-,20,21,23,24). The van der Waals surface area contributed by atoms with Crippen LogP contribution in [0, 0.1) is 6.92 Å². The summed E-state index contributed by atoms with van der Waals surface area (Å²) in [5.74, 6) is -0.367. The second-order valence-electron chi connectivity index (χ2n) is 5.60. The van der Waals surface area contributed by atoms with Gasteiger partial charge in [0, 0.05) is 17.8 Å². The number of amides is 1. The van der Waals surface area contributed by atoms with Crippen LogP contribution in [0.5, 0.6) is 11.7 Å². The Labute approximate surface area is 164 Å². The molecule has 140 valence electrons. The summed E-state index contributed by atoms with van der Waals surface area (Å²) < 4.78 is 11.2. The number of methoxy groups -OCH3 is 1. The van der Waals surface area contributed by atoms with Crippen molar-refractivity contribution < 1.29 is 23.8 Å². The Balaban J connectivity index is 1.68. The van der Waals surface area contributed by atoms with Crippen LogP contribution >= 0.6 is 23.4 Å². The molecule has 0 fully saturated rings. The normalized spacial score (nSPS) is 10.6. The number of carbonyl (C=O) groups excluding carboxylic acids is 1. The third kappa shape index (κ3) is 4.53. The van der Waals surface area contributed by atoms with E-state index >= 15 is 0 Å². The molecule has 2 aromatic carbocycles. The highest BCUT2D eigenvalue weighted by atomic mass is 35.5. The number of aromatic nitrogens is 2. The summed E-state index contributed by atoms with van der Waals surface area (Å²) in [7, 11) is 1.51. The average molecular weight is 406 g/mol. The number of benzene rings is 2. The van der Waals surface area contributed by atoms with Crippen molar-refractivity contribution >= 4 is 35.0 Å². The van der Waals surface area contributed by atoms with Crippen molar-refractivity contribution in [3.05, 3.63) is 53.1 Å². The van der Waals surface area contributed by atoms with Gasteiger partial charge in [-0.2, -0.15) is 0 Å². The van der Waals surface area contributed by atoms with E-state index in [1.807, 2.05) is 31.2 Å². The molecule has 0 saturated heterocycles. The molecule has 1 aromatic heterocycles. The fourth-order valence-corrected chi connectivity index (χ4v) is 3.30. The lowest BCUT2D eigenvalue weighted by molar-refractivity contribution is -0.705. The predicted molar refractivity (Wildman–Crippen MR) is 99.6 cm³/mol. The Kier molecular flexibility index (Phi) is 5.88. The minimum absolute atomic E-state index is 0.00592. The van der Waals surface area contributed by atoms with Crippen LogP contribution in [0.1, 0.15) is 5.56 Å².